The lowest BCUT2D eigenvalue weighted by atomic mass is 10.1. The van der Waals surface area contributed by atoms with Gasteiger partial charge in [-0.15, -0.1) is 0 Å². The normalized spacial score (nSPS) is 10.4. The summed E-state index contributed by atoms with van der Waals surface area (Å²) in [5.74, 6) is 0. The molecule has 0 radical (unpaired) electrons. The molecule has 14 heavy (non-hydrogen) atoms. The van der Waals surface area contributed by atoms with E-state index < -0.39 is 0 Å². The van der Waals surface area contributed by atoms with Crippen molar-refractivity contribution in [3.05, 3.63) is 40.2 Å². The number of aliphatic imine (C=N–C) groups is 1. The van der Waals surface area contributed by atoms with Crippen LogP contribution in [-0.4, -0.2) is 6.72 Å². The van der Waals surface area contributed by atoms with Crippen LogP contribution in [0.2, 0.25) is 0 Å². The van der Waals surface area contributed by atoms with Gasteiger partial charge in [0, 0.05) is 17.5 Å². The van der Waals surface area contributed by atoms with Gasteiger partial charge in [0.05, 0.1) is 5.69 Å². The van der Waals surface area contributed by atoms with Crippen LogP contribution in [0, 0.1) is 6.92 Å². The van der Waals surface area contributed by atoms with Crippen molar-refractivity contribution in [1.82, 2.24) is 0 Å². The van der Waals surface area contributed by atoms with Crippen molar-refractivity contribution >= 4 is 23.4 Å². The fourth-order valence-corrected chi connectivity index (χ4v) is 1.41. The Morgan fingerprint density at radius 1 is 1.36 bits per heavy atom. The first kappa shape index (κ1) is 8.69. The van der Waals surface area contributed by atoms with Crippen LogP contribution >= 0.6 is 0 Å². The molecule has 0 unspecified atom stereocenters. The van der Waals surface area contributed by atoms with Gasteiger partial charge in [0.15, 0.2) is 0 Å². The summed E-state index contributed by atoms with van der Waals surface area (Å²) >= 11 is 0. The zero-order valence-corrected chi connectivity index (χ0v) is 7.78. The summed E-state index contributed by atoms with van der Waals surface area (Å²) in [4.78, 5) is 14.9. The number of benzene rings is 1. The highest BCUT2D eigenvalue weighted by Gasteiger charge is 2.01. The molecule has 0 saturated heterocycles. The van der Waals surface area contributed by atoms with Crippen LogP contribution < -0.4 is 5.63 Å². The van der Waals surface area contributed by atoms with Gasteiger partial charge in [0.25, 0.3) is 0 Å². The summed E-state index contributed by atoms with van der Waals surface area (Å²) in [5.41, 5.74) is 1.83. The summed E-state index contributed by atoms with van der Waals surface area (Å²) in [7, 11) is 0. The van der Waals surface area contributed by atoms with Gasteiger partial charge in [0.1, 0.15) is 5.58 Å². The molecule has 70 valence electrons. The maximum atomic E-state index is 11.1. The molecule has 2 aromatic rings. The van der Waals surface area contributed by atoms with Gasteiger partial charge in [-0.05, 0) is 31.3 Å². The van der Waals surface area contributed by atoms with E-state index in [1.165, 1.54) is 6.07 Å². The topological polar surface area (TPSA) is 42.6 Å². The molecule has 0 aliphatic rings. The van der Waals surface area contributed by atoms with E-state index in [2.05, 4.69) is 11.7 Å². The molecule has 0 aliphatic heterocycles. The smallest absolute Gasteiger partial charge is 0.336 e. The van der Waals surface area contributed by atoms with E-state index >= 15 is 0 Å². The second-order valence-electron chi connectivity index (χ2n) is 3.09. The van der Waals surface area contributed by atoms with Crippen molar-refractivity contribution < 1.29 is 4.42 Å². The predicted molar refractivity (Wildman–Crippen MR) is 56.4 cm³/mol. The number of nitrogens with zero attached hydrogens (tertiary/aromatic N) is 1. The van der Waals surface area contributed by atoms with E-state index in [9.17, 15) is 4.79 Å². The van der Waals surface area contributed by atoms with Crippen LogP contribution in [0.25, 0.3) is 11.0 Å². The van der Waals surface area contributed by atoms with Crippen LogP contribution in [0.5, 0.6) is 0 Å². The van der Waals surface area contributed by atoms with E-state index in [1.807, 2.05) is 19.1 Å². The molecule has 0 bridgehead atoms. The summed E-state index contributed by atoms with van der Waals surface area (Å²) in [5, 5.41) is 0.928. The lowest BCUT2D eigenvalue weighted by molar-refractivity contribution is 0.560. The molecular formula is C11H9NO2. The van der Waals surface area contributed by atoms with Crippen LogP contribution in [0.4, 0.5) is 5.69 Å². The van der Waals surface area contributed by atoms with Gasteiger partial charge in [-0.1, -0.05) is 0 Å². The molecule has 1 aromatic carbocycles. The van der Waals surface area contributed by atoms with Gasteiger partial charge in [-0.3, -0.25) is 4.99 Å². The van der Waals surface area contributed by atoms with E-state index in [4.69, 9.17) is 4.42 Å². The van der Waals surface area contributed by atoms with Crippen molar-refractivity contribution in [2.45, 2.75) is 6.92 Å². The summed E-state index contributed by atoms with van der Waals surface area (Å²) in [6, 6.07) is 6.89. The number of fused-ring (bicyclic) bond motifs is 1. The van der Waals surface area contributed by atoms with Gasteiger partial charge in [0.2, 0.25) is 0 Å². The van der Waals surface area contributed by atoms with Crippen molar-refractivity contribution in [2.24, 2.45) is 4.99 Å². The van der Waals surface area contributed by atoms with Gasteiger partial charge in [-0.2, -0.15) is 0 Å². The molecule has 0 saturated carbocycles. The first-order valence-corrected chi connectivity index (χ1v) is 4.22. The Hall–Kier alpha value is -1.90. The Labute approximate surface area is 80.7 Å². The van der Waals surface area contributed by atoms with Crippen LogP contribution in [-0.2, 0) is 0 Å². The van der Waals surface area contributed by atoms with E-state index in [0.29, 0.717) is 11.3 Å². The molecule has 0 aliphatic carbocycles. The highest BCUT2D eigenvalue weighted by atomic mass is 16.4. The Bertz CT molecular complexity index is 555. The molecule has 2 rings (SSSR count). The fraction of sp³-hybridized carbons (Fsp3) is 0.0909. The molecular weight excluding hydrogens is 178 g/mol. The minimum atomic E-state index is -0.337. The van der Waals surface area contributed by atoms with Crippen molar-refractivity contribution in [3.63, 3.8) is 0 Å². The number of rotatable bonds is 1. The summed E-state index contributed by atoms with van der Waals surface area (Å²) < 4.78 is 5.04. The largest absolute Gasteiger partial charge is 0.423 e. The lowest BCUT2D eigenvalue weighted by Crippen LogP contribution is -1.97. The van der Waals surface area contributed by atoms with Gasteiger partial charge >= 0.3 is 5.63 Å². The van der Waals surface area contributed by atoms with Gasteiger partial charge in [-0.25, -0.2) is 4.79 Å². The zero-order chi connectivity index (χ0) is 10.1. The highest BCUT2D eigenvalue weighted by molar-refractivity contribution is 5.82. The zero-order valence-electron chi connectivity index (χ0n) is 7.78. The van der Waals surface area contributed by atoms with E-state index in [1.54, 1.807) is 6.07 Å². The first-order chi connectivity index (χ1) is 6.70. The number of aryl methyl sites for hydroxylation is 1. The maximum Gasteiger partial charge on any atom is 0.336 e. The fourth-order valence-electron chi connectivity index (χ4n) is 1.41. The molecule has 3 nitrogen and oxygen atoms in total. The van der Waals surface area contributed by atoms with Crippen LogP contribution in [0.15, 0.2) is 38.5 Å². The average molecular weight is 187 g/mol. The quantitative estimate of drug-likeness (QED) is 0.508. The van der Waals surface area contributed by atoms with Gasteiger partial charge < -0.3 is 4.42 Å². The first-order valence-electron chi connectivity index (χ1n) is 4.22. The highest BCUT2D eigenvalue weighted by Crippen LogP contribution is 2.21. The van der Waals surface area contributed by atoms with Crippen molar-refractivity contribution in [3.8, 4) is 0 Å². The van der Waals surface area contributed by atoms with Crippen LogP contribution in [0.1, 0.15) is 5.56 Å². The Morgan fingerprint density at radius 2 is 2.14 bits per heavy atom. The third kappa shape index (κ3) is 1.33. The SMILES string of the molecule is C=Nc1ccc2c(C)cc(=O)oc2c1. The molecule has 0 amide bonds. The second kappa shape index (κ2) is 3.10. The number of hydrogen-bond donors (Lipinski definition) is 0. The molecule has 3 heteroatoms. The van der Waals surface area contributed by atoms with Crippen molar-refractivity contribution in [2.75, 3.05) is 0 Å². The Morgan fingerprint density at radius 3 is 2.86 bits per heavy atom. The minimum Gasteiger partial charge on any atom is -0.423 e. The third-order valence-electron chi connectivity index (χ3n) is 2.12. The Balaban J connectivity index is 2.88. The van der Waals surface area contributed by atoms with Crippen molar-refractivity contribution in [1.29, 1.82) is 0 Å². The van der Waals surface area contributed by atoms with Crippen LogP contribution in [0.3, 0.4) is 0 Å². The molecule has 0 fully saturated rings. The average Bonchev–Trinajstić information content (AvgIpc) is 2.16. The molecule has 0 N–H and O–H groups in total. The molecule has 0 atom stereocenters. The van der Waals surface area contributed by atoms with E-state index in [-0.39, 0.29) is 5.63 Å². The van der Waals surface area contributed by atoms with E-state index in [0.717, 1.165) is 10.9 Å². The lowest BCUT2D eigenvalue weighted by Gasteiger charge is -2.00. The third-order valence-corrected chi connectivity index (χ3v) is 2.12. The minimum absolute atomic E-state index is 0.337. The second-order valence-corrected chi connectivity index (χ2v) is 3.09. The molecule has 1 aromatic heterocycles. The Kier molecular flexibility index (Phi) is 1.93. The number of hydrogen-bond acceptors (Lipinski definition) is 3. The molecule has 0 spiro atoms. The summed E-state index contributed by atoms with van der Waals surface area (Å²) in [6.45, 7) is 5.29. The predicted octanol–water partition coefficient (Wildman–Crippen LogP) is 2.43. The standard InChI is InChI=1S/C11H9NO2/c1-7-5-11(13)14-10-6-8(12-2)3-4-9(7)10/h3-6H,2H2,1H3. The summed E-state index contributed by atoms with van der Waals surface area (Å²) in [6.07, 6.45) is 0. The monoisotopic (exact) mass is 187 g/mol. The molecule has 1 heterocycles. The maximum absolute atomic E-state index is 11.1.